The molecule has 0 aliphatic carbocycles. The molecule has 1 heterocycles. The lowest BCUT2D eigenvalue weighted by Crippen LogP contribution is -2.35. The van der Waals surface area contributed by atoms with Crippen LogP contribution < -0.4 is 25.3 Å². The van der Waals surface area contributed by atoms with Crippen LogP contribution in [-0.2, 0) is 0 Å². The molecule has 2 aromatic carbocycles. The zero-order valence-electron chi connectivity index (χ0n) is 16.6. The van der Waals surface area contributed by atoms with Gasteiger partial charge in [0.05, 0.1) is 38.0 Å². The number of nitrogens with zero attached hydrogens (tertiary/aromatic N) is 1. The van der Waals surface area contributed by atoms with Crippen molar-refractivity contribution >= 4 is 22.8 Å². The zero-order valence-corrected chi connectivity index (χ0v) is 16.6. The second-order valence-corrected chi connectivity index (χ2v) is 6.28. The molecule has 1 amide bonds. The van der Waals surface area contributed by atoms with Crippen molar-refractivity contribution in [3.05, 3.63) is 47.5 Å². The number of aryl methyl sites for hydroxylation is 1. The van der Waals surface area contributed by atoms with E-state index in [1.54, 1.807) is 12.1 Å². The number of guanidine groups is 1. The summed E-state index contributed by atoms with van der Waals surface area (Å²) >= 11 is 0. The summed E-state index contributed by atoms with van der Waals surface area (Å²) in [6.45, 7) is 1.96. The Kier molecular flexibility index (Phi) is 5.54. The van der Waals surface area contributed by atoms with Crippen LogP contribution in [0.1, 0.15) is 15.9 Å². The Hall–Kier alpha value is -3.81. The largest absolute Gasteiger partial charge is 0.494 e. The van der Waals surface area contributed by atoms with E-state index in [-0.39, 0.29) is 5.56 Å². The van der Waals surface area contributed by atoms with Gasteiger partial charge < -0.3 is 19.9 Å². The molecular weight excluding hydrogens is 372 g/mol. The van der Waals surface area contributed by atoms with Crippen LogP contribution in [0, 0.1) is 12.3 Å². The summed E-state index contributed by atoms with van der Waals surface area (Å²) in [4.78, 5) is 17.7. The molecule has 8 nitrogen and oxygen atoms in total. The van der Waals surface area contributed by atoms with Gasteiger partial charge in [0.25, 0.3) is 5.91 Å². The molecule has 3 rings (SSSR count). The van der Waals surface area contributed by atoms with Crippen molar-refractivity contribution in [3.63, 3.8) is 0 Å². The number of carbonyl (C=O) groups excluding carboxylic acids is 1. The van der Waals surface area contributed by atoms with Crippen LogP contribution in [0.25, 0.3) is 22.2 Å². The third kappa shape index (κ3) is 3.64. The second kappa shape index (κ2) is 8.05. The Morgan fingerprint density at radius 3 is 2.34 bits per heavy atom. The molecule has 150 valence electrons. The number of nitrogens with two attached hydrogens (primary N) is 1. The Labute approximate surface area is 168 Å². The molecule has 4 N–H and O–H groups in total. The Morgan fingerprint density at radius 1 is 1.07 bits per heavy atom. The summed E-state index contributed by atoms with van der Waals surface area (Å²) in [5, 5.41) is 10.2. The molecule has 29 heavy (non-hydrogen) atoms. The first kappa shape index (κ1) is 19.9. The van der Waals surface area contributed by atoms with Gasteiger partial charge in [0.2, 0.25) is 0 Å². The normalized spacial score (nSPS) is 10.5. The van der Waals surface area contributed by atoms with Gasteiger partial charge in [-0.25, -0.2) is 4.98 Å². The van der Waals surface area contributed by atoms with Crippen molar-refractivity contribution in [2.24, 2.45) is 5.73 Å². The van der Waals surface area contributed by atoms with Crippen molar-refractivity contribution in [1.82, 2.24) is 10.3 Å². The molecule has 0 aliphatic rings. The minimum atomic E-state index is -0.562. The molecule has 0 radical (unpaired) electrons. The van der Waals surface area contributed by atoms with E-state index in [1.165, 1.54) is 21.3 Å². The van der Waals surface area contributed by atoms with Gasteiger partial charge in [0.15, 0.2) is 17.5 Å². The van der Waals surface area contributed by atoms with Crippen molar-refractivity contribution in [3.8, 4) is 28.5 Å². The van der Waals surface area contributed by atoms with Gasteiger partial charge >= 0.3 is 0 Å². The van der Waals surface area contributed by atoms with Gasteiger partial charge in [-0.15, -0.1) is 0 Å². The molecule has 0 unspecified atom stereocenters. The SMILES string of the molecule is COc1cc(OC)c2nc(-c3ccccc3C)cc(C(=O)NC(=N)N)c2c1OC. The highest BCUT2D eigenvalue weighted by molar-refractivity contribution is 6.15. The maximum atomic E-state index is 12.9. The first-order valence-corrected chi connectivity index (χ1v) is 8.76. The van der Waals surface area contributed by atoms with Crippen molar-refractivity contribution in [2.45, 2.75) is 6.92 Å². The van der Waals surface area contributed by atoms with Gasteiger partial charge in [0.1, 0.15) is 11.3 Å². The maximum absolute atomic E-state index is 12.9. The first-order valence-electron chi connectivity index (χ1n) is 8.76. The van der Waals surface area contributed by atoms with Crippen LogP contribution in [0.5, 0.6) is 17.2 Å². The highest BCUT2D eigenvalue weighted by Gasteiger charge is 2.24. The molecule has 3 aromatic rings. The number of methoxy groups -OCH3 is 3. The van der Waals surface area contributed by atoms with Gasteiger partial charge in [-0.2, -0.15) is 0 Å². The van der Waals surface area contributed by atoms with Gasteiger partial charge in [0, 0.05) is 11.6 Å². The van der Waals surface area contributed by atoms with Crippen LogP contribution >= 0.6 is 0 Å². The lowest BCUT2D eigenvalue weighted by atomic mass is 9.99. The van der Waals surface area contributed by atoms with Crippen LogP contribution in [-0.4, -0.2) is 38.2 Å². The molecule has 0 aliphatic heterocycles. The summed E-state index contributed by atoms with van der Waals surface area (Å²) in [5.74, 6) is 0.115. The molecule has 1 aromatic heterocycles. The zero-order chi connectivity index (χ0) is 21.1. The number of amides is 1. The quantitative estimate of drug-likeness (QED) is 0.452. The van der Waals surface area contributed by atoms with E-state index in [1.807, 2.05) is 31.2 Å². The lowest BCUT2D eigenvalue weighted by molar-refractivity contribution is 0.0978. The summed E-state index contributed by atoms with van der Waals surface area (Å²) in [6.07, 6.45) is 0. The number of aromatic nitrogens is 1. The van der Waals surface area contributed by atoms with Crippen LogP contribution in [0.15, 0.2) is 36.4 Å². The molecular formula is C21H22N4O4. The van der Waals surface area contributed by atoms with E-state index in [2.05, 4.69) is 5.32 Å². The minimum Gasteiger partial charge on any atom is -0.494 e. The predicted molar refractivity (Wildman–Crippen MR) is 111 cm³/mol. The topological polar surface area (TPSA) is 120 Å². The van der Waals surface area contributed by atoms with E-state index in [4.69, 9.17) is 30.3 Å². The highest BCUT2D eigenvalue weighted by atomic mass is 16.5. The molecule has 0 bridgehead atoms. The minimum absolute atomic E-state index is 0.234. The van der Waals surface area contributed by atoms with Gasteiger partial charge in [-0.1, -0.05) is 24.3 Å². The number of benzene rings is 2. The number of carbonyl (C=O) groups is 1. The Balaban J connectivity index is 2.45. The fourth-order valence-corrected chi connectivity index (χ4v) is 3.21. The van der Waals surface area contributed by atoms with E-state index in [0.717, 1.165) is 11.1 Å². The molecule has 0 spiro atoms. The number of pyridine rings is 1. The van der Waals surface area contributed by atoms with Gasteiger partial charge in [-0.3, -0.25) is 15.5 Å². The van der Waals surface area contributed by atoms with E-state index >= 15 is 0 Å². The van der Waals surface area contributed by atoms with Gasteiger partial charge in [-0.05, 0) is 18.6 Å². The highest BCUT2D eigenvalue weighted by Crippen LogP contribution is 2.43. The fraction of sp³-hybridized carbons (Fsp3) is 0.190. The third-order valence-corrected chi connectivity index (χ3v) is 4.52. The predicted octanol–water partition coefficient (Wildman–Crippen LogP) is 2.86. The molecule has 0 fully saturated rings. The number of ether oxygens (including phenoxy) is 3. The lowest BCUT2D eigenvalue weighted by Gasteiger charge is -2.17. The Bertz CT molecular complexity index is 1110. The van der Waals surface area contributed by atoms with E-state index in [0.29, 0.717) is 33.8 Å². The monoisotopic (exact) mass is 394 g/mol. The van der Waals surface area contributed by atoms with Crippen molar-refractivity contribution in [2.75, 3.05) is 21.3 Å². The molecule has 0 atom stereocenters. The second-order valence-electron chi connectivity index (χ2n) is 6.28. The van der Waals surface area contributed by atoms with Crippen molar-refractivity contribution < 1.29 is 19.0 Å². The Morgan fingerprint density at radius 2 is 1.76 bits per heavy atom. The van der Waals surface area contributed by atoms with Crippen LogP contribution in [0.2, 0.25) is 0 Å². The number of nitrogens with one attached hydrogen (secondary N) is 2. The molecule has 8 heteroatoms. The summed E-state index contributed by atoms with van der Waals surface area (Å²) in [5.41, 5.74) is 8.49. The average molecular weight is 394 g/mol. The van der Waals surface area contributed by atoms with E-state index < -0.39 is 11.9 Å². The number of hydrogen-bond acceptors (Lipinski definition) is 6. The standard InChI is InChI=1S/C21H22N4O4/c1-11-7-5-6-8-12(11)14-9-13(20(26)25-21(22)23)17-18(24-14)15(27-2)10-16(28-3)19(17)29-4/h5-10H,1-4H3,(H4,22,23,25,26). The van der Waals surface area contributed by atoms with Crippen LogP contribution in [0.4, 0.5) is 0 Å². The number of fused-ring (bicyclic) bond motifs is 1. The maximum Gasteiger partial charge on any atom is 0.258 e. The summed E-state index contributed by atoms with van der Waals surface area (Å²) in [6, 6.07) is 11.0. The molecule has 0 saturated heterocycles. The molecule has 0 saturated carbocycles. The fourth-order valence-electron chi connectivity index (χ4n) is 3.21. The number of hydrogen-bond donors (Lipinski definition) is 3. The average Bonchev–Trinajstić information content (AvgIpc) is 2.71. The van der Waals surface area contributed by atoms with Crippen LogP contribution in [0.3, 0.4) is 0 Å². The summed E-state index contributed by atoms with van der Waals surface area (Å²) in [7, 11) is 4.48. The first-order chi connectivity index (χ1) is 13.9. The summed E-state index contributed by atoms with van der Waals surface area (Å²) < 4.78 is 16.4. The van der Waals surface area contributed by atoms with Crippen molar-refractivity contribution in [1.29, 1.82) is 5.41 Å². The van der Waals surface area contributed by atoms with E-state index in [9.17, 15) is 4.79 Å². The smallest absolute Gasteiger partial charge is 0.258 e. The third-order valence-electron chi connectivity index (χ3n) is 4.52. The number of rotatable bonds is 5.